The van der Waals surface area contributed by atoms with Crippen LogP contribution in [0.25, 0.3) is 11.3 Å². The van der Waals surface area contributed by atoms with Crippen LogP contribution in [-0.2, 0) is 10.0 Å². The van der Waals surface area contributed by atoms with Gasteiger partial charge in [0.25, 0.3) is 0 Å². The minimum absolute atomic E-state index is 0.168. The third-order valence-electron chi connectivity index (χ3n) is 5.12. The van der Waals surface area contributed by atoms with Crippen LogP contribution in [0.1, 0.15) is 11.3 Å². The molecule has 31 heavy (non-hydrogen) atoms. The summed E-state index contributed by atoms with van der Waals surface area (Å²) < 4.78 is 24.9. The number of hydrogen-bond acceptors (Lipinski definition) is 9. The number of anilines is 2. The number of nitrogens with one attached hydrogen (secondary N) is 1. The molecule has 2 aromatic heterocycles. The topological polar surface area (TPSA) is 142 Å². The fraction of sp³-hybridized carbons (Fsp3) is 0.250. The van der Waals surface area contributed by atoms with Gasteiger partial charge in [0.1, 0.15) is 12.1 Å². The van der Waals surface area contributed by atoms with E-state index in [0.29, 0.717) is 54.6 Å². The molecular weight excluding hydrogens is 416 g/mol. The Labute approximate surface area is 180 Å². The molecular formula is C20H22N8O2S. The van der Waals surface area contributed by atoms with Crippen LogP contribution in [0.15, 0.2) is 49.2 Å². The number of aromatic nitrogens is 4. The van der Waals surface area contributed by atoms with Crippen molar-refractivity contribution in [3.05, 3.63) is 60.4 Å². The summed E-state index contributed by atoms with van der Waals surface area (Å²) in [5.41, 5.74) is 9.22. The lowest BCUT2D eigenvalue weighted by Gasteiger charge is -2.34. The number of benzene rings is 1. The van der Waals surface area contributed by atoms with Crippen LogP contribution in [-0.4, -0.2) is 70.8 Å². The monoisotopic (exact) mass is 438 g/mol. The van der Waals surface area contributed by atoms with Gasteiger partial charge in [-0.2, -0.15) is 4.31 Å². The smallest absolute Gasteiger partial charge is 0.211 e. The number of nitrogens with two attached hydrogens (primary N) is 1. The highest BCUT2D eigenvalue weighted by Gasteiger charge is 2.24. The standard InChI is InChI=1S/C20H22N8O2S/c1-31(29,30)28-8-6-27(7-9-28)19-11-17(25-13-26-19)20(22)15-10-14(2-3-16(15)21)18-12-23-4-5-24-18/h2-5,10-13,22H,6-9,21H2,1H3. The molecule has 3 heterocycles. The molecule has 10 nitrogen and oxygen atoms in total. The lowest BCUT2D eigenvalue weighted by atomic mass is 10.0. The molecule has 1 aromatic carbocycles. The van der Waals surface area contributed by atoms with Crippen molar-refractivity contribution in [2.45, 2.75) is 0 Å². The van der Waals surface area contributed by atoms with E-state index in [4.69, 9.17) is 11.1 Å². The molecule has 3 N–H and O–H groups in total. The summed E-state index contributed by atoms with van der Waals surface area (Å²) in [5, 5.41) is 8.68. The Morgan fingerprint density at radius 2 is 1.84 bits per heavy atom. The van der Waals surface area contributed by atoms with Crippen molar-refractivity contribution >= 4 is 27.2 Å². The normalized spacial score (nSPS) is 15.1. The van der Waals surface area contributed by atoms with Crippen molar-refractivity contribution in [1.29, 1.82) is 5.41 Å². The molecule has 0 aliphatic carbocycles. The first-order chi connectivity index (χ1) is 14.8. The number of hydrogen-bond donors (Lipinski definition) is 2. The van der Waals surface area contributed by atoms with Crippen LogP contribution >= 0.6 is 0 Å². The van der Waals surface area contributed by atoms with Crippen molar-refractivity contribution in [2.24, 2.45) is 0 Å². The van der Waals surface area contributed by atoms with Gasteiger partial charge in [0.05, 0.1) is 29.6 Å². The number of rotatable bonds is 5. The molecule has 0 spiro atoms. The predicted octanol–water partition coefficient (Wildman–Crippen LogP) is 1.01. The fourth-order valence-electron chi connectivity index (χ4n) is 3.42. The summed E-state index contributed by atoms with van der Waals surface area (Å²) in [6, 6.07) is 7.10. The minimum atomic E-state index is -3.20. The second-order valence-corrected chi connectivity index (χ2v) is 9.16. The molecule has 160 valence electrons. The van der Waals surface area contributed by atoms with E-state index in [1.807, 2.05) is 11.0 Å². The van der Waals surface area contributed by atoms with Gasteiger partial charge in [-0.1, -0.05) is 6.07 Å². The Morgan fingerprint density at radius 3 is 2.52 bits per heavy atom. The maximum Gasteiger partial charge on any atom is 0.211 e. The average Bonchev–Trinajstić information content (AvgIpc) is 2.79. The third kappa shape index (κ3) is 4.52. The van der Waals surface area contributed by atoms with Crippen LogP contribution < -0.4 is 10.6 Å². The zero-order valence-electron chi connectivity index (χ0n) is 16.9. The summed E-state index contributed by atoms with van der Waals surface area (Å²) in [6.07, 6.45) is 7.48. The van der Waals surface area contributed by atoms with Crippen molar-refractivity contribution in [3.8, 4) is 11.3 Å². The lowest BCUT2D eigenvalue weighted by molar-refractivity contribution is 0.387. The van der Waals surface area contributed by atoms with Crippen LogP contribution in [0.4, 0.5) is 11.5 Å². The third-order valence-corrected chi connectivity index (χ3v) is 6.43. The van der Waals surface area contributed by atoms with Crippen LogP contribution in [0.2, 0.25) is 0 Å². The first kappa shape index (κ1) is 20.8. The van der Waals surface area contributed by atoms with Crippen molar-refractivity contribution < 1.29 is 8.42 Å². The molecule has 1 saturated heterocycles. The second kappa shape index (κ2) is 8.36. The summed E-state index contributed by atoms with van der Waals surface area (Å²) >= 11 is 0. The zero-order chi connectivity index (χ0) is 22.0. The van der Waals surface area contributed by atoms with E-state index in [0.717, 1.165) is 5.56 Å². The van der Waals surface area contributed by atoms with Gasteiger partial charge in [-0.15, -0.1) is 0 Å². The fourth-order valence-corrected chi connectivity index (χ4v) is 4.25. The molecule has 1 aliphatic heterocycles. The minimum Gasteiger partial charge on any atom is -0.398 e. The SMILES string of the molecule is CS(=O)(=O)N1CCN(c2cc(C(=N)c3cc(-c4cnccn4)ccc3N)ncn2)CC1. The lowest BCUT2D eigenvalue weighted by Crippen LogP contribution is -2.48. The Bertz CT molecular complexity index is 1210. The molecule has 3 aromatic rings. The molecule has 1 fully saturated rings. The van der Waals surface area contributed by atoms with Gasteiger partial charge in [-0.25, -0.2) is 18.4 Å². The van der Waals surface area contributed by atoms with E-state index in [1.165, 1.54) is 16.9 Å². The van der Waals surface area contributed by atoms with Gasteiger partial charge in [-0.05, 0) is 12.1 Å². The Morgan fingerprint density at radius 1 is 1.06 bits per heavy atom. The molecule has 4 rings (SSSR count). The van der Waals surface area contributed by atoms with E-state index >= 15 is 0 Å². The summed E-state index contributed by atoms with van der Waals surface area (Å²) in [6.45, 7) is 1.81. The van der Waals surface area contributed by atoms with Gasteiger partial charge >= 0.3 is 0 Å². The Kier molecular flexibility index (Phi) is 5.61. The molecule has 0 saturated carbocycles. The number of nitrogens with zero attached hydrogens (tertiary/aromatic N) is 6. The molecule has 0 radical (unpaired) electrons. The van der Waals surface area contributed by atoms with E-state index < -0.39 is 10.0 Å². The van der Waals surface area contributed by atoms with Gasteiger partial charge in [0.2, 0.25) is 10.0 Å². The maximum atomic E-state index is 11.7. The molecule has 11 heteroatoms. The summed E-state index contributed by atoms with van der Waals surface area (Å²) in [5.74, 6) is 0.645. The van der Waals surface area contributed by atoms with E-state index in [2.05, 4.69) is 19.9 Å². The van der Waals surface area contributed by atoms with Crippen molar-refractivity contribution in [3.63, 3.8) is 0 Å². The highest BCUT2D eigenvalue weighted by Crippen LogP contribution is 2.24. The first-order valence-corrected chi connectivity index (χ1v) is 11.4. The highest BCUT2D eigenvalue weighted by atomic mass is 32.2. The van der Waals surface area contributed by atoms with Gasteiger partial charge < -0.3 is 10.6 Å². The van der Waals surface area contributed by atoms with Crippen LogP contribution in [0, 0.1) is 5.41 Å². The van der Waals surface area contributed by atoms with Gasteiger partial charge in [-0.3, -0.25) is 15.4 Å². The number of sulfonamides is 1. The van der Waals surface area contributed by atoms with Crippen molar-refractivity contribution in [1.82, 2.24) is 24.2 Å². The quantitative estimate of drug-likeness (QED) is 0.444. The number of nitrogen functional groups attached to an aromatic ring is 1. The van der Waals surface area contributed by atoms with E-state index in [9.17, 15) is 8.42 Å². The number of piperazine rings is 1. The molecule has 0 unspecified atom stereocenters. The molecule has 0 bridgehead atoms. The Balaban J connectivity index is 1.58. The van der Waals surface area contributed by atoms with E-state index in [1.54, 1.807) is 36.8 Å². The van der Waals surface area contributed by atoms with Crippen LogP contribution in [0.5, 0.6) is 0 Å². The largest absolute Gasteiger partial charge is 0.398 e. The zero-order valence-corrected chi connectivity index (χ0v) is 17.7. The van der Waals surface area contributed by atoms with E-state index in [-0.39, 0.29) is 5.71 Å². The molecule has 0 amide bonds. The van der Waals surface area contributed by atoms with Gasteiger partial charge in [0.15, 0.2) is 0 Å². The van der Waals surface area contributed by atoms with Crippen molar-refractivity contribution in [2.75, 3.05) is 43.1 Å². The molecule has 0 atom stereocenters. The summed E-state index contributed by atoms with van der Waals surface area (Å²) in [7, 11) is -3.20. The first-order valence-electron chi connectivity index (χ1n) is 9.60. The Hall–Kier alpha value is -3.44. The summed E-state index contributed by atoms with van der Waals surface area (Å²) in [4.78, 5) is 18.9. The maximum absolute atomic E-state index is 11.7. The second-order valence-electron chi connectivity index (χ2n) is 7.18. The van der Waals surface area contributed by atoms with Crippen LogP contribution in [0.3, 0.4) is 0 Å². The highest BCUT2D eigenvalue weighted by molar-refractivity contribution is 7.88. The molecule has 1 aliphatic rings. The van der Waals surface area contributed by atoms with Gasteiger partial charge in [0, 0.05) is 61.5 Å². The average molecular weight is 439 g/mol. The predicted molar refractivity (Wildman–Crippen MR) is 118 cm³/mol.